The standard InChI is InChI=1S/C23H20Cl2N4O2/c24-15-3-6-18(22-26-8-1-9-27-22)19(11-15)23(30)29-17(5-2-14-10-20(14)29)13-31-21-7-4-16(25)12-28-21/h1,3-4,6-9,11-12,14,17,20H,2,5,10,13H2/t14?,17-,20?/m0/s1. The van der Waals surface area contributed by atoms with E-state index in [9.17, 15) is 4.79 Å². The Morgan fingerprint density at radius 3 is 2.65 bits per heavy atom. The first kappa shape index (κ1) is 20.2. The van der Waals surface area contributed by atoms with Gasteiger partial charge in [0.1, 0.15) is 6.61 Å². The zero-order valence-electron chi connectivity index (χ0n) is 16.6. The second kappa shape index (κ2) is 8.44. The molecule has 3 aromatic rings. The molecule has 1 saturated carbocycles. The number of likely N-dealkylation sites (tertiary alicyclic amines) is 1. The predicted octanol–water partition coefficient (Wildman–Crippen LogP) is 4.92. The van der Waals surface area contributed by atoms with Crippen molar-refractivity contribution in [1.82, 2.24) is 19.9 Å². The van der Waals surface area contributed by atoms with Gasteiger partial charge in [-0.25, -0.2) is 15.0 Å². The smallest absolute Gasteiger partial charge is 0.255 e. The van der Waals surface area contributed by atoms with Gasteiger partial charge in [-0.15, -0.1) is 0 Å². The fraction of sp³-hybridized carbons (Fsp3) is 0.304. The largest absolute Gasteiger partial charge is 0.475 e. The molecule has 0 bridgehead atoms. The monoisotopic (exact) mass is 454 g/mol. The molecule has 2 fully saturated rings. The van der Waals surface area contributed by atoms with E-state index in [4.69, 9.17) is 27.9 Å². The minimum absolute atomic E-state index is 0.0442. The Hall–Kier alpha value is -2.70. The van der Waals surface area contributed by atoms with Gasteiger partial charge >= 0.3 is 0 Å². The Bertz CT molecular complexity index is 1090. The van der Waals surface area contributed by atoms with E-state index in [1.165, 1.54) is 0 Å². The van der Waals surface area contributed by atoms with Crippen LogP contribution >= 0.6 is 23.2 Å². The number of pyridine rings is 1. The van der Waals surface area contributed by atoms with E-state index in [2.05, 4.69) is 15.0 Å². The molecule has 2 aliphatic rings. The molecule has 1 aromatic carbocycles. The Morgan fingerprint density at radius 2 is 1.87 bits per heavy atom. The number of rotatable bonds is 5. The fourth-order valence-electron chi connectivity index (χ4n) is 4.27. The van der Waals surface area contributed by atoms with Crippen molar-refractivity contribution >= 4 is 29.1 Å². The Labute approximate surface area is 190 Å². The molecule has 5 rings (SSSR count). The lowest BCUT2D eigenvalue weighted by molar-refractivity contribution is 0.0495. The van der Waals surface area contributed by atoms with Crippen LogP contribution in [0.3, 0.4) is 0 Å². The molecule has 1 saturated heterocycles. The molecule has 158 valence electrons. The van der Waals surface area contributed by atoms with Crippen LogP contribution in [0.25, 0.3) is 11.4 Å². The third-order valence-electron chi connectivity index (χ3n) is 5.88. The van der Waals surface area contributed by atoms with E-state index < -0.39 is 0 Å². The van der Waals surface area contributed by atoms with Gasteiger partial charge in [-0.05, 0) is 55.5 Å². The van der Waals surface area contributed by atoms with E-state index in [1.807, 2.05) is 11.0 Å². The molecule has 0 spiro atoms. The third kappa shape index (κ3) is 4.23. The van der Waals surface area contributed by atoms with Crippen molar-refractivity contribution in [3.8, 4) is 17.3 Å². The number of hydrogen-bond donors (Lipinski definition) is 0. The molecular formula is C23H20Cl2N4O2. The van der Waals surface area contributed by atoms with Crippen LogP contribution in [0.4, 0.5) is 0 Å². The molecular weight excluding hydrogens is 435 g/mol. The van der Waals surface area contributed by atoms with Gasteiger partial charge in [0, 0.05) is 41.3 Å². The van der Waals surface area contributed by atoms with Gasteiger partial charge in [-0.1, -0.05) is 23.2 Å². The van der Waals surface area contributed by atoms with Crippen molar-refractivity contribution in [2.24, 2.45) is 5.92 Å². The van der Waals surface area contributed by atoms with Gasteiger partial charge in [0.25, 0.3) is 5.91 Å². The Balaban J connectivity index is 1.43. The topological polar surface area (TPSA) is 68.2 Å². The molecule has 31 heavy (non-hydrogen) atoms. The lowest BCUT2D eigenvalue weighted by Gasteiger charge is -2.36. The van der Waals surface area contributed by atoms with Crippen molar-refractivity contribution < 1.29 is 9.53 Å². The van der Waals surface area contributed by atoms with E-state index in [0.29, 0.717) is 45.4 Å². The highest BCUT2D eigenvalue weighted by Gasteiger charge is 2.50. The first-order chi connectivity index (χ1) is 15.1. The van der Waals surface area contributed by atoms with Crippen LogP contribution in [0, 0.1) is 5.92 Å². The maximum atomic E-state index is 13.8. The van der Waals surface area contributed by atoms with Crippen LogP contribution in [-0.2, 0) is 0 Å². The van der Waals surface area contributed by atoms with Crippen molar-refractivity contribution in [2.45, 2.75) is 31.3 Å². The number of carbonyl (C=O) groups excluding carboxylic acids is 1. The molecule has 3 heterocycles. The second-order valence-corrected chi connectivity index (χ2v) is 8.77. The SMILES string of the molecule is O=C(c1cc(Cl)ccc1-c1ncccn1)N1C2CC2CC[C@H]1COc1ccc(Cl)cn1. The van der Waals surface area contributed by atoms with Gasteiger partial charge in [0.05, 0.1) is 16.6 Å². The molecule has 0 N–H and O–H groups in total. The zero-order chi connectivity index (χ0) is 21.4. The highest BCUT2D eigenvalue weighted by Crippen LogP contribution is 2.46. The number of aromatic nitrogens is 3. The molecule has 2 unspecified atom stereocenters. The van der Waals surface area contributed by atoms with Crippen LogP contribution in [-0.4, -0.2) is 44.4 Å². The number of ether oxygens (including phenoxy) is 1. The highest BCUT2D eigenvalue weighted by molar-refractivity contribution is 6.31. The van der Waals surface area contributed by atoms with E-state index in [-0.39, 0.29) is 18.0 Å². The van der Waals surface area contributed by atoms with Crippen LogP contribution in [0.2, 0.25) is 10.0 Å². The van der Waals surface area contributed by atoms with Gasteiger partial charge in [-0.3, -0.25) is 4.79 Å². The van der Waals surface area contributed by atoms with E-state index in [1.54, 1.807) is 48.9 Å². The lowest BCUT2D eigenvalue weighted by atomic mass is 9.99. The number of carbonyl (C=O) groups is 1. The quantitative estimate of drug-likeness (QED) is 0.547. The summed E-state index contributed by atoms with van der Waals surface area (Å²) in [6, 6.07) is 10.7. The van der Waals surface area contributed by atoms with Crippen molar-refractivity contribution in [2.75, 3.05) is 6.61 Å². The zero-order valence-corrected chi connectivity index (χ0v) is 18.1. The summed E-state index contributed by atoms with van der Waals surface area (Å²) in [5.41, 5.74) is 1.19. The number of halogens is 2. The Morgan fingerprint density at radius 1 is 1.06 bits per heavy atom. The average molecular weight is 455 g/mol. The summed E-state index contributed by atoms with van der Waals surface area (Å²) >= 11 is 12.2. The molecule has 1 aliphatic carbocycles. The van der Waals surface area contributed by atoms with Crippen molar-refractivity contribution in [3.05, 3.63) is 70.6 Å². The molecule has 1 aliphatic heterocycles. The van der Waals surface area contributed by atoms with E-state index in [0.717, 1.165) is 19.3 Å². The van der Waals surface area contributed by atoms with Crippen LogP contribution in [0.15, 0.2) is 55.0 Å². The molecule has 3 atom stereocenters. The molecule has 0 radical (unpaired) electrons. The summed E-state index contributed by atoms with van der Waals surface area (Å²) in [5, 5.41) is 1.06. The van der Waals surface area contributed by atoms with Crippen molar-refractivity contribution in [3.63, 3.8) is 0 Å². The summed E-state index contributed by atoms with van der Waals surface area (Å²) < 4.78 is 5.91. The average Bonchev–Trinajstić information content (AvgIpc) is 3.58. The van der Waals surface area contributed by atoms with Gasteiger partial charge in [0.15, 0.2) is 5.82 Å². The fourth-order valence-corrected chi connectivity index (χ4v) is 4.56. The normalized spacial score (nSPS) is 22.0. The summed E-state index contributed by atoms with van der Waals surface area (Å²) in [6.07, 6.45) is 7.89. The second-order valence-electron chi connectivity index (χ2n) is 7.89. The first-order valence-corrected chi connectivity index (χ1v) is 11.0. The predicted molar refractivity (Wildman–Crippen MR) is 118 cm³/mol. The van der Waals surface area contributed by atoms with E-state index >= 15 is 0 Å². The Kier molecular flexibility index (Phi) is 5.50. The van der Waals surface area contributed by atoms with Gasteiger partial charge in [0.2, 0.25) is 5.88 Å². The maximum absolute atomic E-state index is 13.8. The molecule has 1 amide bonds. The number of nitrogens with zero attached hydrogens (tertiary/aromatic N) is 4. The summed E-state index contributed by atoms with van der Waals surface area (Å²) in [4.78, 5) is 28.6. The number of hydrogen-bond acceptors (Lipinski definition) is 5. The number of piperidine rings is 1. The summed E-state index contributed by atoms with van der Waals surface area (Å²) in [5.74, 6) is 1.50. The van der Waals surface area contributed by atoms with Gasteiger partial charge in [-0.2, -0.15) is 0 Å². The van der Waals surface area contributed by atoms with Crippen molar-refractivity contribution in [1.29, 1.82) is 0 Å². The summed E-state index contributed by atoms with van der Waals surface area (Å²) in [6.45, 7) is 0.376. The first-order valence-electron chi connectivity index (χ1n) is 10.2. The molecule has 6 nitrogen and oxygen atoms in total. The minimum atomic E-state index is -0.0604. The summed E-state index contributed by atoms with van der Waals surface area (Å²) in [7, 11) is 0. The maximum Gasteiger partial charge on any atom is 0.255 e. The van der Waals surface area contributed by atoms with Crippen LogP contribution in [0.1, 0.15) is 29.6 Å². The number of fused-ring (bicyclic) bond motifs is 1. The van der Waals surface area contributed by atoms with Crippen LogP contribution < -0.4 is 4.74 Å². The number of amides is 1. The number of benzene rings is 1. The lowest BCUT2D eigenvalue weighted by Crippen LogP contribution is -2.48. The molecule has 2 aromatic heterocycles. The van der Waals surface area contributed by atoms with Gasteiger partial charge < -0.3 is 9.64 Å². The molecule has 8 heteroatoms. The minimum Gasteiger partial charge on any atom is -0.475 e. The highest BCUT2D eigenvalue weighted by atomic mass is 35.5. The van der Waals surface area contributed by atoms with Crippen LogP contribution in [0.5, 0.6) is 5.88 Å². The third-order valence-corrected chi connectivity index (χ3v) is 6.34.